The van der Waals surface area contributed by atoms with Crippen molar-refractivity contribution in [1.29, 1.82) is 0 Å². The Morgan fingerprint density at radius 2 is 2.33 bits per heavy atom. The van der Waals surface area contributed by atoms with Gasteiger partial charge in [0.1, 0.15) is 11.9 Å². The summed E-state index contributed by atoms with van der Waals surface area (Å²) in [6.07, 6.45) is 3.21. The van der Waals surface area contributed by atoms with Crippen LogP contribution in [-0.2, 0) is 11.2 Å². The number of rotatable bonds is 5. The summed E-state index contributed by atoms with van der Waals surface area (Å²) in [6, 6.07) is 2.85. The number of carbonyl (C=O) groups is 2. The minimum atomic E-state index is -0.469. The highest BCUT2D eigenvalue weighted by molar-refractivity contribution is 5.98. The van der Waals surface area contributed by atoms with Gasteiger partial charge in [-0.25, -0.2) is 10.8 Å². The highest BCUT2D eigenvalue weighted by Gasteiger charge is 2.24. The number of hydrazine groups is 1. The lowest BCUT2D eigenvalue weighted by atomic mass is 10.1. The SMILES string of the molecule is CCCc1cc(C(=O)NC2CCCNC2=O)cc(NN)n1. The molecule has 0 aromatic carbocycles. The fraction of sp³-hybridized carbons (Fsp3) is 0.500. The maximum absolute atomic E-state index is 12.3. The predicted molar refractivity (Wildman–Crippen MR) is 79.5 cm³/mol. The molecule has 0 radical (unpaired) electrons. The first-order valence-electron chi connectivity index (χ1n) is 7.20. The van der Waals surface area contributed by atoms with Gasteiger partial charge in [-0.2, -0.15) is 0 Å². The summed E-state index contributed by atoms with van der Waals surface area (Å²) in [5, 5.41) is 5.50. The third-order valence-electron chi connectivity index (χ3n) is 3.39. The zero-order valence-electron chi connectivity index (χ0n) is 12.1. The van der Waals surface area contributed by atoms with Crippen LogP contribution in [0.5, 0.6) is 0 Å². The Balaban J connectivity index is 2.13. The van der Waals surface area contributed by atoms with E-state index in [1.165, 1.54) is 0 Å². The van der Waals surface area contributed by atoms with Crippen molar-refractivity contribution in [2.75, 3.05) is 12.0 Å². The Morgan fingerprint density at radius 1 is 1.52 bits per heavy atom. The molecular formula is C14H21N5O2. The number of nitrogen functional groups attached to an aromatic ring is 1. The van der Waals surface area contributed by atoms with Crippen LogP contribution in [0.25, 0.3) is 0 Å². The van der Waals surface area contributed by atoms with Gasteiger partial charge in [-0.1, -0.05) is 13.3 Å². The molecule has 0 aliphatic carbocycles. The zero-order chi connectivity index (χ0) is 15.2. The van der Waals surface area contributed by atoms with E-state index in [2.05, 4.69) is 21.0 Å². The van der Waals surface area contributed by atoms with Gasteiger partial charge in [0.2, 0.25) is 5.91 Å². The molecule has 2 heterocycles. The zero-order valence-corrected chi connectivity index (χ0v) is 12.1. The molecule has 7 nitrogen and oxygen atoms in total. The van der Waals surface area contributed by atoms with Crippen LogP contribution < -0.4 is 21.9 Å². The van der Waals surface area contributed by atoms with Crippen LogP contribution in [0.2, 0.25) is 0 Å². The number of hydrogen-bond donors (Lipinski definition) is 4. The Labute approximate surface area is 123 Å². The van der Waals surface area contributed by atoms with Gasteiger partial charge in [0.15, 0.2) is 0 Å². The van der Waals surface area contributed by atoms with Crippen LogP contribution >= 0.6 is 0 Å². The van der Waals surface area contributed by atoms with Crippen LogP contribution in [0.4, 0.5) is 5.82 Å². The minimum Gasteiger partial charge on any atom is -0.354 e. The molecule has 1 saturated heterocycles. The molecule has 7 heteroatoms. The van der Waals surface area contributed by atoms with Crippen LogP contribution in [0.1, 0.15) is 42.2 Å². The van der Waals surface area contributed by atoms with Crippen molar-refractivity contribution < 1.29 is 9.59 Å². The lowest BCUT2D eigenvalue weighted by molar-refractivity contribution is -0.124. The molecule has 1 unspecified atom stereocenters. The fourth-order valence-corrected chi connectivity index (χ4v) is 2.33. The Morgan fingerprint density at radius 3 is 3.00 bits per heavy atom. The van der Waals surface area contributed by atoms with Crippen LogP contribution in [0, 0.1) is 0 Å². The van der Waals surface area contributed by atoms with E-state index in [0.29, 0.717) is 24.3 Å². The number of hydrogen-bond acceptors (Lipinski definition) is 5. The average Bonchev–Trinajstić information content (AvgIpc) is 2.49. The van der Waals surface area contributed by atoms with Crippen molar-refractivity contribution in [2.24, 2.45) is 5.84 Å². The number of nitrogens with two attached hydrogens (primary N) is 1. The number of aryl methyl sites for hydroxylation is 1. The summed E-state index contributed by atoms with van der Waals surface area (Å²) in [6.45, 7) is 2.71. The first-order chi connectivity index (χ1) is 10.1. The summed E-state index contributed by atoms with van der Waals surface area (Å²) in [4.78, 5) is 28.3. The first-order valence-corrected chi connectivity index (χ1v) is 7.20. The number of anilines is 1. The largest absolute Gasteiger partial charge is 0.354 e. The maximum atomic E-state index is 12.3. The molecule has 1 aliphatic rings. The van der Waals surface area contributed by atoms with E-state index in [4.69, 9.17) is 5.84 Å². The Hall–Kier alpha value is -2.15. The molecule has 5 N–H and O–H groups in total. The lowest BCUT2D eigenvalue weighted by Gasteiger charge is -2.22. The van der Waals surface area contributed by atoms with Gasteiger partial charge in [-0.3, -0.25) is 9.59 Å². The Bertz CT molecular complexity index is 532. The van der Waals surface area contributed by atoms with Gasteiger partial charge in [0, 0.05) is 17.8 Å². The lowest BCUT2D eigenvalue weighted by Crippen LogP contribution is -2.50. The molecular weight excluding hydrogens is 270 g/mol. The van der Waals surface area contributed by atoms with E-state index in [-0.39, 0.29) is 11.8 Å². The summed E-state index contributed by atoms with van der Waals surface area (Å²) in [5.74, 6) is 5.41. The van der Waals surface area contributed by atoms with Crippen LogP contribution in [-0.4, -0.2) is 29.4 Å². The smallest absolute Gasteiger partial charge is 0.252 e. The normalized spacial score (nSPS) is 18.0. The molecule has 2 rings (SSSR count). The molecule has 1 atom stereocenters. The molecule has 1 aliphatic heterocycles. The van der Waals surface area contributed by atoms with E-state index in [0.717, 1.165) is 25.0 Å². The number of carbonyl (C=O) groups excluding carboxylic acids is 2. The molecule has 0 saturated carbocycles. The van der Waals surface area contributed by atoms with Crippen molar-refractivity contribution in [3.63, 3.8) is 0 Å². The Kier molecular flexibility index (Phi) is 5.10. The molecule has 1 aromatic heterocycles. The topological polar surface area (TPSA) is 109 Å². The van der Waals surface area contributed by atoms with Gasteiger partial charge < -0.3 is 16.1 Å². The summed E-state index contributed by atoms with van der Waals surface area (Å²) < 4.78 is 0. The number of amides is 2. The van der Waals surface area contributed by atoms with E-state index in [1.54, 1.807) is 12.1 Å². The van der Waals surface area contributed by atoms with Gasteiger partial charge in [0.25, 0.3) is 5.91 Å². The summed E-state index contributed by atoms with van der Waals surface area (Å²) in [5.41, 5.74) is 3.72. The number of pyridine rings is 1. The molecule has 1 fully saturated rings. The number of piperidine rings is 1. The third-order valence-corrected chi connectivity index (χ3v) is 3.39. The van der Waals surface area contributed by atoms with E-state index in [1.807, 2.05) is 6.92 Å². The average molecular weight is 291 g/mol. The number of nitrogens with zero attached hydrogens (tertiary/aromatic N) is 1. The van der Waals surface area contributed by atoms with E-state index < -0.39 is 6.04 Å². The van der Waals surface area contributed by atoms with Gasteiger partial charge >= 0.3 is 0 Å². The van der Waals surface area contributed by atoms with Crippen molar-refractivity contribution in [2.45, 2.75) is 38.6 Å². The number of nitrogens with one attached hydrogen (secondary N) is 3. The maximum Gasteiger partial charge on any atom is 0.252 e. The second kappa shape index (κ2) is 7.03. The second-order valence-corrected chi connectivity index (χ2v) is 5.09. The number of aromatic nitrogens is 1. The molecule has 114 valence electrons. The van der Waals surface area contributed by atoms with Gasteiger partial charge in [-0.15, -0.1) is 0 Å². The minimum absolute atomic E-state index is 0.130. The summed E-state index contributed by atoms with van der Waals surface area (Å²) >= 11 is 0. The van der Waals surface area contributed by atoms with E-state index >= 15 is 0 Å². The second-order valence-electron chi connectivity index (χ2n) is 5.09. The molecule has 0 bridgehead atoms. The van der Waals surface area contributed by atoms with Crippen molar-refractivity contribution in [1.82, 2.24) is 15.6 Å². The van der Waals surface area contributed by atoms with Gasteiger partial charge in [0.05, 0.1) is 0 Å². The van der Waals surface area contributed by atoms with Gasteiger partial charge in [-0.05, 0) is 31.4 Å². The fourth-order valence-electron chi connectivity index (χ4n) is 2.33. The standard InChI is InChI=1S/C14H21N5O2/c1-2-4-10-7-9(8-12(17-10)19-15)13(20)18-11-5-3-6-16-14(11)21/h7-8,11H,2-6,15H2,1H3,(H,16,21)(H,17,19)(H,18,20). The highest BCUT2D eigenvalue weighted by atomic mass is 16.2. The molecule has 21 heavy (non-hydrogen) atoms. The van der Waals surface area contributed by atoms with Crippen LogP contribution in [0.15, 0.2) is 12.1 Å². The quantitative estimate of drug-likeness (QED) is 0.462. The molecule has 0 spiro atoms. The van der Waals surface area contributed by atoms with Crippen LogP contribution in [0.3, 0.4) is 0 Å². The molecule has 2 amide bonds. The third kappa shape index (κ3) is 3.91. The predicted octanol–water partition coefficient (Wildman–Crippen LogP) is 0.328. The highest BCUT2D eigenvalue weighted by Crippen LogP contribution is 2.12. The van der Waals surface area contributed by atoms with Crippen molar-refractivity contribution in [3.8, 4) is 0 Å². The van der Waals surface area contributed by atoms with E-state index in [9.17, 15) is 9.59 Å². The van der Waals surface area contributed by atoms with Crippen molar-refractivity contribution in [3.05, 3.63) is 23.4 Å². The summed E-state index contributed by atoms with van der Waals surface area (Å²) in [7, 11) is 0. The first kappa shape index (κ1) is 15.2. The van der Waals surface area contributed by atoms with Crippen molar-refractivity contribution >= 4 is 17.6 Å². The molecule has 1 aromatic rings. The monoisotopic (exact) mass is 291 g/mol.